The molecular formula is C24H29N3O5S. The second-order valence-corrected chi connectivity index (χ2v) is 10.5. The summed E-state index contributed by atoms with van der Waals surface area (Å²) in [6.45, 7) is 8.22. The average molecular weight is 472 g/mol. The van der Waals surface area contributed by atoms with E-state index in [9.17, 15) is 13.2 Å². The molecule has 0 spiro atoms. The number of carbonyl (C=O) groups is 1. The van der Waals surface area contributed by atoms with Gasteiger partial charge in [-0.2, -0.15) is 4.98 Å². The lowest BCUT2D eigenvalue weighted by Crippen LogP contribution is -2.23. The minimum Gasteiger partial charge on any atom is -0.452 e. The van der Waals surface area contributed by atoms with E-state index in [1.54, 1.807) is 36.4 Å². The molecule has 0 fully saturated rings. The van der Waals surface area contributed by atoms with Crippen LogP contribution in [0.2, 0.25) is 0 Å². The Morgan fingerprint density at radius 1 is 1.06 bits per heavy atom. The summed E-state index contributed by atoms with van der Waals surface area (Å²) in [6.07, 6.45) is 1.59. The van der Waals surface area contributed by atoms with Crippen molar-refractivity contribution in [3.63, 3.8) is 0 Å². The van der Waals surface area contributed by atoms with Crippen molar-refractivity contribution in [2.45, 2.75) is 64.0 Å². The van der Waals surface area contributed by atoms with E-state index in [0.717, 1.165) is 12.0 Å². The third kappa shape index (κ3) is 6.72. The number of rotatable bonds is 9. The lowest BCUT2D eigenvalue weighted by Gasteiger charge is -2.19. The quantitative estimate of drug-likeness (QED) is 0.467. The number of carbonyl (C=O) groups excluding carboxylic acids is 1. The molecule has 1 aromatic heterocycles. The van der Waals surface area contributed by atoms with Crippen LogP contribution in [0.5, 0.6) is 0 Å². The van der Waals surface area contributed by atoms with Gasteiger partial charge in [-0.25, -0.2) is 17.9 Å². The van der Waals surface area contributed by atoms with Gasteiger partial charge in [-0.15, -0.1) is 0 Å². The van der Waals surface area contributed by atoms with Crippen LogP contribution in [0, 0.1) is 0 Å². The first-order chi connectivity index (χ1) is 15.6. The van der Waals surface area contributed by atoms with Crippen molar-refractivity contribution in [1.29, 1.82) is 0 Å². The van der Waals surface area contributed by atoms with Crippen molar-refractivity contribution in [3.05, 3.63) is 76.9 Å². The van der Waals surface area contributed by atoms with Crippen molar-refractivity contribution in [2.75, 3.05) is 0 Å². The summed E-state index contributed by atoms with van der Waals surface area (Å²) in [5.41, 5.74) is 2.06. The Morgan fingerprint density at radius 2 is 1.73 bits per heavy atom. The molecule has 0 bridgehead atoms. The van der Waals surface area contributed by atoms with Gasteiger partial charge in [-0.1, -0.05) is 57.1 Å². The number of aromatic nitrogens is 2. The molecule has 0 saturated heterocycles. The summed E-state index contributed by atoms with van der Waals surface area (Å²) in [4.78, 5) is 16.6. The number of hydrogen-bond acceptors (Lipinski definition) is 7. The van der Waals surface area contributed by atoms with Crippen molar-refractivity contribution in [1.82, 2.24) is 14.9 Å². The Balaban J connectivity index is 1.54. The maximum Gasteiger partial charge on any atom is 0.338 e. The molecule has 0 aliphatic rings. The van der Waals surface area contributed by atoms with E-state index in [-0.39, 0.29) is 29.4 Å². The average Bonchev–Trinajstić information content (AvgIpc) is 3.24. The summed E-state index contributed by atoms with van der Waals surface area (Å²) >= 11 is 0. The highest BCUT2D eigenvalue weighted by molar-refractivity contribution is 7.89. The predicted octanol–water partition coefficient (Wildman–Crippen LogP) is 4.16. The molecule has 8 nitrogen and oxygen atoms in total. The third-order valence-corrected chi connectivity index (χ3v) is 6.41. The maximum atomic E-state index is 12.6. The molecule has 176 valence electrons. The highest BCUT2D eigenvalue weighted by Crippen LogP contribution is 2.23. The lowest BCUT2D eigenvalue weighted by molar-refractivity contribution is 0.0430. The molecule has 0 aliphatic heterocycles. The number of esters is 1. The molecule has 0 radical (unpaired) electrons. The van der Waals surface area contributed by atoms with Crippen LogP contribution in [0.15, 0.2) is 57.9 Å². The second kappa shape index (κ2) is 10.3. The first kappa shape index (κ1) is 24.6. The molecule has 0 unspecified atom stereocenters. The van der Waals surface area contributed by atoms with Gasteiger partial charge in [0.25, 0.3) is 5.89 Å². The van der Waals surface area contributed by atoms with Crippen molar-refractivity contribution in [3.8, 4) is 0 Å². The molecule has 33 heavy (non-hydrogen) atoms. The number of benzene rings is 2. The standard InChI is InChI=1S/C24H29N3O5S/c1-5-6-21-26-22(32-27-21)16-31-23(28)18-9-7-17(8-10-18)15-25-33(29,30)20-13-11-19(12-14-20)24(2,3)4/h7-14,25H,5-6,15-16H2,1-4H3. The van der Waals surface area contributed by atoms with Crippen LogP contribution in [0.25, 0.3) is 0 Å². The Labute approximate surface area is 194 Å². The molecule has 3 aromatic rings. The van der Waals surface area contributed by atoms with E-state index in [4.69, 9.17) is 9.26 Å². The molecule has 1 N–H and O–H groups in total. The van der Waals surface area contributed by atoms with E-state index < -0.39 is 16.0 Å². The van der Waals surface area contributed by atoms with Crippen LogP contribution in [0.3, 0.4) is 0 Å². The van der Waals surface area contributed by atoms with Crippen LogP contribution in [-0.4, -0.2) is 24.5 Å². The van der Waals surface area contributed by atoms with Crippen LogP contribution in [0.4, 0.5) is 0 Å². The first-order valence-electron chi connectivity index (χ1n) is 10.8. The Hall–Kier alpha value is -3.04. The minimum atomic E-state index is -3.65. The molecule has 0 amide bonds. The van der Waals surface area contributed by atoms with Crippen LogP contribution < -0.4 is 4.72 Å². The topological polar surface area (TPSA) is 111 Å². The van der Waals surface area contributed by atoms with Crippen LogP contribution >= 0.6 is 0 Å². The number of hydrogen-bond donors (Lipinski definition) is 1. The van der Waals surface area contributed by atoms with E-state index in [0.29, 0.717) is 23.4 Å². The summed E-state index contributed by atoms with van der Waals surface area (Å²) in [7, 11) is -3.65. The molecular weight excluding hydrogens is 442 g/mol. The van der Waals surface area contributed by atoms with Crippen molar-refractivity contribution in [2.24, 2.45) is 0 Å². The van der Waals surface area contributed by atoms with Gasteiger partial charge >= 0.3 is 5.97 Å². The van der Waals surface area contributed by atoms with Crippen LogP contribution in [0.1, 0.15) is 67.3 Å². The van der Waals surface area contributed by atoms with E-state index in [1.165, 1.54) is 0 Å². The van der Waals surface area contributed by atoms with Gasteiger partial charge < -0.3 is 9.26 Å². The molecule has 0 atom stereocenters. The Kier molecular flexibility index (Phi) is 7.65. The number of nitrogens with zero attached hydrogens (tertiary/aromatic N) is 2. The molecule has 1 heterocycles. The monoisotopic (exact) mass is 471 g/mol. The SMILES string of the molecule is CCCc1noc(COC(=O)c2ccc(CNS(=O)(=O)c3ccc(C(C)(C)C)cc3)cc2)n1. The zero-order valence-corrected chi connectivity index (χ0v) is 20.1. The molecule has 9 heteroatoms. The summed E-state index contributed by atoms with van der Waals surface area (Å²) in [6, 6.07) is 13.4. The van der Waals surface area contributed by atoms with Gasteiger partial charge in [0.1, 0.15) is 0 Å². The normalized spacial score (nSPS) is 12.0. The summed E-state index contributed by atoms with van der Waals surface area (Å²) < 4.78 is 38.0. The predicted molar refractivity (Wildman–Crippen MR) is 123 cm³/mol. The first-order valence-corrected chi connectivity index (χ1v) is 12.2. The largest absolute Gasteiger partial charge is 0.452 e. The zero-order valence-electron chi connectivity index (χ0n) is 19.3. The number of sulfonamides is 1. The molecule has 2 aromatic carbocycles. The highest BCUT2D eigenvalue weighted by Gasteiger charge is 2.18. The fraction of sp³-hybridized carbons (Fsp3) is 0.375. The summed E-state index contributed by atoms with van der Waals surface area (Å²) in [5, 5.41) is 3.81. The van der Waals surface area contributed by atoms with Gasteiger partial charge in [0.05, 0.1) is 10.5 Å². The Bertz CT molecular complexity index is 1180. The highest BCUT2D eigenvalue weighted by atomic mass is 32.2. The lowest BCUT2D eigenvalue weighted by atomic mass is 9.87. The zero-order chi connectivity index (χ0) is 24.1. The van der Waals surface area contributed by atoms with E-state index in [2.05, 4.69) is 35.6 Å². The van der Waals surface area contributed by atoms with Gasteiger partial charge in [0, 0.05) is 13.0 Å². The molecule has 0 aliphatic carbocycles. The number of ether oxygens (including phenoxy) is 1. The van der Waals surface area contributed by atoms with Gasteiger partial charge in [-0.05, 0) is 47.2 Å². The Morgan fingerprint density at radius 3 is 2.33 bits per heavy atom. The van der Waals surface area contributed by atoms with Gasteiger partial charge in [-0.3, -0.25) is 0 Å². The van der Waals surface area contributed by atoms with Gasteiger partial charge in [0.15, 0.2) is 12.4 Å². The van der Waals surface area contributed by atoms with Gasteiger partial charge in [0.2, 0.25) is 10.0 Å². The van der Waals surface area contributed by atoms with E-state index >= 15 is 0 Å². The molecule has 0 saturated carbocycles. The van der Waals surface area contributed by atoms with Crippen molar-refractivity contribution >= 4 is 16.0 Å². The fourth-order valence-corrected chi connectivity index (χ4v) is 4.06. The van der Waals surface area contributed by atoms with E-state index in [1.807, 2.05) is 19.1 Å². The molecule has 3 rings (SSSR count). The second-order valence-electron chi connectivity index (χ2n) is 8.73. The van der Waals surface area contributed by atoms with Crippen LogP contribution in [-0.2, 0) is 39.7 Å². The van der Waals surface area contributed by atoms with Crippen molar-refractivity contribution < 1.29 is 22.5 Å². The number of aryl methyl sites for hydroxylation is 1. The minimum absolute atomic E-state index is 0.0536. The fourth-order valence-electron chi connectivity index (χ4n) is 3.04. The summed E-state index contributed by atoms with van der Waals surface area (Å²) in [5.74, 6) is 0.296. The smallest absolute Gasteiger partial charge is 0.338 e. The number of nitrogens with one attached hydrogen (secondary N) is 1. The maximum absolute atomic E-state index is 12.6. The third-order valence-electron chi connectivity index (χ3n) is 5.00.